The molecule has 26 heavy (non-hydrogen) atoms. The molecule has 1 aromatic heterocycles. The zero-order chi connectivity index (χ0) is 18.3. The van der Waals surface area contributed by atoms with Crippen LogP contribution in [0.1, 0.15) is 40.0 Å². The minimum absolute atomic E-state index is 0.300. The maximum absolute atomic E-state index is 13.7. The van der Waals surface area contributed by atoms with E-state index in [4.69, 9.17) is 16.6 Å². The van der Waals surface area contributed by atoms with E-state index in [0.29, 0.717) is 16.8 Å². The molecule has 0 bridgehead atoms. The van der Waals surface area contributed by atoms with Gasteiger partial charge in [0.2, 0.25) is 0 Å². The second kappa shape index (κ2) is 6.69. The van der Waals surface area contributed by atoms with Gasteiger partial charge in [-0.25, -0.2) is 4.39 Å². The number of hydrogen-bond acceptors (Lipinski definition) is 2. The van der Waals surface area contributed by atoms with E-state index in [1.165, 1.54) is 6.07 Å². The molecule has 5 heteroatoms. The highest BCUT2D eigenvalue weighted by Gasteiger charge is 2.18. The van der Waals surface area contributed by atoms with Crippen LogP contribution in [0, 0.1) is 12.7 Å². The summed E-state index contributed by atoms with van der Waals surface area (Å²) in [4.78, 5) is 17.3. The normalized spacial score (nSPS) is 13.5. The summed E-state index contributed by atoms with van der Waals surface area (Å²) >= 11 is 6.57. The summed E-state index contributed by atoms with van der Waals surface area (Å²) in [5, 5.41) is 4.34. The first-order valence-electron chi connectivity index (χ1n) is 8.71. The molecular weight excluding hydrogens is 351 g/mol. The lowest BCUT2D eigenvalue weighted by atomic mass is 9.94. The number of nitrogens with zero attached hydrogens (tertiary/aromatic N) is 1. The fourth-order valence-corrected chi connectivity index (χ4v) is 3.75. The van der Waals surface area contributed by atoms with E-state index in [1.807, 2.05) is 6.07 Å². The molecule has 4 rings (SSSR count). The summed E-state index contributed by atoms with van der Waals surface area (Å²) in [5.74, 6) is -0.646. The first-order valence-corrected chi connectivity index (χ1v) is 9.09. The van der Waals surface area contributed by atoms with E-state index in [2.05, 4.69) is 5.32 Å². The summed E-state index contributed by atoms with van der Waals surface area (Å²) in [6.45, 7) is 1.68. The monoisotopic (exact) mass is 368 g/mol. The molecule has 1 aliphatic carbocycles. The van der Waals surface area contributed by atoms with Crippen LogP contribution in [-0.2, 0) is 12.8 Å². The summed E-state index contributed by atoms with van der Waals surface area (Å²) in [6.07, 6.45) is 4.12. The summed E-state index contributed by atoms with van der Waals surface area (Å²) in [7, 11) is 0. The fraction of sp³-hybridized carbons (Fsp3) is 0.238. The van der Waals surface area contributed by atoms with Gasteiger partial charge < -0.3 is 5.32 Å². The van der Waals surface area contributed by atoms with Crippen LogP contribution in [0.5, 0.6) is 0 Å². The number of anilines is 1. The molecule has 3 aromatic rings. The highest BCUT2D eigenvalue weighted by molar-refractivity contribution is 6.36. The van der Waals surface area contributed by atoms with E-state index in [9.17, 15) is 9.18 Å². The number of carbonyl (C=O) groups excluding carboxylic acids is 1. The molecule has 1 aliphatic rings. The topological polar surface area (TPSA) is 42.0 Å². The van der Waals surface area contributed by atoms with Gasteiger partial charge in [-0.3, -0.25) is 9.78 Å². The van der Waals surface area contributed by atoms with Crippen molar-refractivity contribution in [3.8, 4) is 0 Å². The third kappa shape index (κ3) is 3.06. The van der Waals surface area contributed by atoms with E-state index in [1.54, 1.807) is 31.2 Å². The zero-order valence-electron chi connectivity index (χ0n) is 14.4. The first-order chi connectivity index (χ1) is 12.5. The van der Waals surface area contributed by atoms with Gasteiger partial charge in [-0.05, 0) is 68.0 Å². The van der Waals surface area contributed by atoms with E-state index in [-0.39, 0.29) is 11.7 Å². The van der Waals surface area contributed by atoms with Crippen LogP contribution in [-0.4, -0.2) is 10.9 Å². The van der Waals surface area contributed by atoms with Crippen LogP contribution in [0.15, 0.2) is 36.4 Å². The maximum atomic E-state index is 13.7. The molecule has 3 nitrogen and oxygen atoms in total. The van der Waals surface area contributed by atoms with Gasteiger partial charge in [0.05, 0.1) is 10.5 Å². The van der Waals surface area contributed by atoms with Crippen molar-refractivity contribution >= 4 is 34.1 Å². The van der Waals surface area contributed by atoms with Crippen LogP contribution in [0.2, 0.25) is 5.02 Å². The Balaban J connectivity index is 1.68. The standard InChI is InChI=1S/C21H18ClFN2O/c1-12-6-8-14(11-17(12)23)24-21(26)13-7-9-16-19(10-13)25-18-5-3-2-4-15(18)20(16)22/h6-11H,2-5H2,1H3,(H,24,26). The first kappa shape index (κ1) is 17.0. The van der Waals surface area contributed by atoms with Crippen molar-refractivity contribution < 1.29 is 9.18 Å². The molecule has 0 aliphatic heterocycles. The van der Waals surface area contributed by atoms with Gasteiger partial charge in [-0.1, -0.05) is 23.7 Å². The van der Waals surface area contributed by atoms with E-state index in [0.717, 1.165) is 52.9 Å². The Hall–Kier alpha value is -2.46. The second-order valence-corrected chi connectivity index (χ2v) is 7.09. The van der Waals surface area contributed by atoms with E-state index < -0.39 is 0 Å². The van der Waals surface area contributed by atoms with Crippen LogP contribution < -0.4 is 5.32 Å². The largest absolute Gasteiger partial charge is 0.322 e. The van der Waals surface area contributed by atoms with E-state index >= 15 is 0 Å². The number of rotatable bonds is 2. The van der Waals surface area contributed by atoms with Crippen molar-refractivity contribution in [2.75, 3.05) is 5.32 Å². The Morgan fingerprint density at radius 3 is 2.77 bits per heavy atom. The lowest BCUT2D eigenvalue weighted by molar-refractivity contribution is 0.102. The smallest absolute Gasteiger partial charge is 0.255 e. The minimum Gasteiger partial charge on any atom is -0.322 e. The van der Waals surface area contributed by atoms with Crippen LogP contribution in [0.3, 0.4) is 0 Å². The number of pyridine rings is 1. The lowest BCUT2D eigenvalue weighted by Crippen LogP contribution is -2.12. The number of fused-ring (bicyclic) bond motifs is 2. The summed E-state index contributed by atoms with van der Waals surface area (Å²) in [5.41, 5.74) is 4.33. The molecule has 0 atom stereocenters. The molecule has 0 unspecified atom stereocenters. The quantitative estimate of drug-likeness (QED) is 0.652. The molecule has 0 saturated carbocycles. The third-order valence-electron chi connectivity index (χ3n) is 4.89. The number of amides is 1. The van der Waals surface area contributed by atoms with Gasteiger partial charge >= 0.3 is 0 Å². The molecular formula is C21H18ClFN2O. The van der Waals surface area contributed by atoms with Crippen molar-refractivity contribution in [2.24, 2.45) is 0 Å². The second-order valence-electron chi connectivity index (χ2n) is 6.71. The SMILES string of the molecule is Cc1ccc(NC(=O)c2ccc3c(Cl)c4c(nc3c2)CCCC4)cc1F. The molecule has 132 valence electrons. The molecule has 0 spiro atoms. The highest BCUT2D eigenvalue weighted by Crippen LogP contribution is 2.33. The Bertz CT molecular complexity index is 1030. The third-order valence-corrected chi connectivity index (χ3v) is 5.32. The van der Waals surface area contributed by atoms with Gasteiger partial charge in [0, 0.05) is 22.3 Å². The average molecular weight is 369 g/mol. The highest BCUT2D eigenvalue weighted by atomic mass is 35.5. The summed E-state index contributed by atoms with van der Waals surface area (Å²) in [6, 6.07) is 9.95. The van der Waals surface area contributed by atoms with Crippen molar-refractivity contribution in [1.82, 2.24) is 4.98 Å². The van der Waals surface area contributed by atoms with Gasteiger partial charge in [0.25, 0.3) is 5.91 Å². The zero-order valence-corrected chi connectivity index (χ0v) is 15.2. The van der Waals surface area contributed by atoms with Gasteiger partial charge in [-0.2, -0.15) is 0 Å². The molecule has 1 heterocycles. The fourth-order valence-electron chi connectivity index (χ4n) is 3.38. The Labute approximate surface area is 156 Å². The Kier molecular flexibility index (Phi) is 4.37. The van der Waals surface area contributed by atoms with Gasteiger partial charge in [0.15, 0.2) is 0 Å². The number of nitrogens with one attached hydrogen (secondary N) is 1. The number of hydrogen-bond donors (Lipinski definition) is 1. The molecule has 1 amide bonds. The Morgan fingerprint density at radius 2 is 1.96 bits per heavy atom. The van der Waals surface area contributed by atoms with Crippen molar-refractivity contribution in [2.45, 2.75) is 32.6 Å². The number of aromatic nitrogens is 1. The number of carbonyl (C=O) groups is 1. The lowest BCUT2D eigenvalue weighted by Gasteiger charge is -2.18. The average Bonchev–Trinajstić information content (AvgIpc) is 2.64. The molecule has 0 radical (unpaired) electrons. The van der Waals surface area contributed by atoms with Crippen LogP contribution in [0.25, 0.3) is 10.9 Å². The van der Waals surface area contributed by atoms with Gasteiger partial charge in [0.1, 0.15) is 5.82 Å². The number of aryl methyl sites for hydroxylation is 2. The van der Waals surface area contributed by atoms with Gasteiger partial charge in [-0.15, -0.1) is 0 Å². The predicted molar refractivity (Wildman–Crippen MR) is 102 cm³/mol. The molecule has 1 N–H and O–H groups in total. The van der Waals surface area contributed by atoms with Crippen LogP contribution >= 0.6 is 11.6 Å². The van der Waals surface area contributed by atoms with Crippen molar-refractivity contribution in [3.05, 3.63) is 69.6 Å². The van der Waals surface area contributed by atoms with Crippen LogP contribution in [0.4, 0.5) is 10.1 Å². The maximum Gasteiger partial charge on any atom is 0.255 e. The molecule has 0 saturated heterocycles. The Morgan fingerprint density at radius 1 is 1.15 bits per heavy atom. The molecule has 2 aromatic carbocycles. The minimum atomic E-state index is -0.346. The van der Waals surface area contributed by atoms with Crippen molar-refractivity contribution in [3.63, 3.8) is 0 Å². The molecule has 0 fully saturated rings. The number of benzene rings is 2. The predicted octanol–water partition coefficient (Wildman–Crippen LogP) is 5.47. The summed E-state index contributed by atoms with van der Waals surface area (Å²) < 4.78 is 13.7. The number of halogens is 2. The van der Waals surface area contributed by atoms with Crippen molar-refractivity contribution in [1.29, 1.82) is 0 Å².